The molecule has 4 rings (SSSR count). The number of nitrogens with one attached hydrogen (secondary N) is 1. The van der Waals surface area contributed by atoms with Gasteiger partial charge in [-0.05, 0) is 42.5 Å². The zero-order chi connectivity index (χ0) is 20.8. The van der Waals surface area contributed by atoms with Crippen LogP contribution in [0.4, 0.5) is 34.0 Å². The van der Waals surface area contributed by atoms with E-state index in [0.29, 0.717) is 24.6 Å². The molecule has 0 unspecified atom stereocenters. The van der Waals surface area contributed by atoms with E-state index in [1.54, 1.807) is 0 Å². The van der Waals surface area contributed by atoms with Gasteiger partial charge in [0.05, 0.1) is 11.4 Å². The molecule has 1 aliphatic heterocycles. The van der Waals surface area contributed by atoms with Crippen molar-refractivity contribution in [3.63, 3.8) is 0 Å². The number of rotatable bonds is 2. The molecule has 1 aliphatic carbocycles. The van der Waals surface area contributed by atoms with Crippen molar-refractivity contribution >= 4 is 17.7 Å². The fourth-order valence-corrected chi connectivity index (χ4v) is 2.99. The molecule has 10 heteroatoms. The number of carbonyl (C=O) groups excluding carboxylic acids is 1. The summed E-state index contributed by atoms with van der Waals surface area (Å²) < 4.78 is 61.3. The van der Waals surface area contributed by atoms with Gasteiger partial charge in [0.2, 0.25) is 5.95 Å². The molecule has 2 aromatic rings. The number of nitrogen functional groups attached to an aromatic ring is 1. The van der Waals surface area contributed by atoms with Crippen LogP contribution in [0, 0.1) is 23.6 Å². The number of hydrogen-bond donors (Lipinski definition) is 2. The minimum Gasteiger partial charge on any atom is -0.415 e. The lowest BCUT2D eigenvalue weighted by atomic mass is 9.88. The number of nitrogens with zero attached hydrogens (tertiary/aromatic N) is 2. The van der Waals surface area contributed by atoms with Crippen molar-refractivity contribution in [2.45, 2.75) is 31.0 Å². The highest BCUT2D eigenvalue weighted by Crippen LogP contribution is 2.48. The van der Waals surface area contributed by atoms with E-state index in [9.17, 15) is 22.4 Å². The largest absolute Gasteiger partial charge is 0.445 e. The summed E-state index contributed by atoms with van der Waals surface area (Å²) in [4.78, 5) is 19.6. The lowest BCUT2D eigenvalue weighted by Gasteiger charge is -2.36. The zero-order valence-electron chi connectivity index (χ0n) is 14.8. The molecule has 0 saturated heterocycles. The quantitative estimate of drug-likeness (QED) is 0.588. The number of amides is 1. The predicted octanol–water partition coefficient (Wildman–Crippen LogP) is 3.52. The molecular formula is C19H14F4N4O2. The topological polar surface area (TPSA) is 90.1 Å². The molecule has 1 atom stereocenters. The van der Waals surface area contributed by atoms with Crippen molar-refractivity contribution in [2.75, 3.05) is 11.1 Å². The second kappa shape index (κ2) is 6.62. The third-order valence-corrected chi connectivity index (χ3v) is 4.58. The summed E-state index contributed by atoms with van der Waals surface area (Å²) in [6.45, 7) is 0. The first kappa shape index (κ1) is 19.0. The van der Waals surface area contributed by atoms with Crippen LogP contribution in [0.2, 0.25) is 0 Å². The molecule has 1 fully saturated rings. The van der Waals surface area contributed by atoms with E-state index in [2.05, 4.69) is 31.9 Å². The van der Waals surface area contributed by atoms with Crippen LogP contribution in [0.25, 0.3) is 0 Å². The molecule has 2 aliphatic rings. The number of aromatic nitrogens is 2. The van der Waals surface area contributed by atoms with Gasteiger partial charge in [-0.3, -0.25) is 5.32 Å². The molecule has 6 nitrogen and oxygen atoms in total. The second-order valence-electron chi connectivity index (χ2n) is 6.81. The van der Waals surface area contributed by atoms with Crippen molar-refractivity contribution in [2.24, 2.45) is 5.92 Å². The summed E-state index contributed by atoms with van der Waals surface area (Å²) in [7, 11) is 0. The van der Waals surface area contributed by atoms with E-state index in [1.165, 1.54) is 12.3 Å². The van der Waals surface area contributed by atoms with E-state index >= 15 is 0 Å². The Morgan fingerprint density at radius 3 is 2.76 bits per heavy atom. The van der Waals surface area contributed by atoms with Crippen LogP contribution in [0.1, 0.15) is 29.7 Å². The summed E-state index contributed by atoms with van der Waals surface area (Å²) in [5, 5.41) is 2.20. The highest BCUT2D eigenvalue weighted by Gasteiger charge is 2.62. The highest BCUT2D eigenvalue weighted by molar-refractivity contribution is 5.90. The van der Waals surface area contributed by atoms with Gasteiger partial charge in [0, 0.05) is 24.1 Å². The van der Waals surface area contributed by atoms with Crippen molar-refractivity contribution in [3.8, 4) is 11.8 Å². The molecule has 1 aromatic heterocycles. The van der Waals surface area contributed by atoms with E-state index < -0.39 is 29.3 Å². The van der Waals surface area contributed by atoms with Gasteiger partial charge >= 0.3 is 12.3 Å². The standard InChI is InChI=1S/C19H14F4N4O2/c20-14-9-13-15(8-11(14)7-12-4-6-25-16(24)26-12)27-17(28)29-18(13,19(21,22)23)5-3-10-1-2-10/h4,6,8-10H,1-2,7H2,(H,27,28)(H2,24,25,26)/t18-/m0/s1. The normalized spacial score (nSPS) is 20.8. The summed E-state index contributed by atoms with van der Waals surface area (Å²) >= 11 is 0. The first-order chi connectivity index (χ1) is 13.7. The van der Waals surface area contributed by atoms with Crippen molar-refractivity contribution in [1.82, 2.24) is 9.97 Å². The Bertz CT molecular complexity index is 1060. The van der Waals surface area contributed by atoms with Crippen LogP contribution in [0.5, 0.6) is 0 Å². The van der Waals surface area contributed by atoms with Crippen molar-refractivity contribution in [3.05, 3.63) is 47.0 Å². The fourth-order valence-electron chi connectivity index (χ4n) is 2.99. The number of anilines is 2. The second-order valence-corrected chi connectivity index (χ2v) is 6.81. The molecular weight excluding hydrogens is 392 g/mol. The van der Waals surface area contributed by atoms with Crippen LogP contribution in [-0.4, -0.2) is 22.2 Å². The lowest BCUT2D eigenvalue weighted by molar-refractivity contribution is -0.239. The predicted molar refractivity (Wildman–Crippen MR) is 94.0 cm³/mol. The van der Waals surface area contributed by atoms with Gasteiger partial charge in [-0.15, -0.1) is 0 Å². The van der Waals surface area contributed by atoms with E-state index in [-0.39, 0.29) is 29.5 Å². The number of halogens is 4. The smallest absolute Gasteiger partial charge is 0.415 e. The van der Waals surface area contributed by atoms with Crippen molar-refractivity contribution < 1.29 is 27.1 Å². The van der Waals surface area contributed by atoms with Gasteiger partial charge in [0.25, 0.3) is 5.60 Å². The van der Waals surface area contributed by atoms with Crippen LogP contribution >= 0.6 is 0 Å². The molecule has 2 heterocycles. The van der Waals surface area contributed by atoms with E-state index in [4.69, 9.17) is 5.73 Å². The van der Waals surface area contributed by atoms with Gasteiger partial charge in [-0.2, -0.15) is 13.2 Å². The molecule has 1 saturated carbocycles. The minimum absolute atomic E-state index is 0.0194. The Morgan fingerprint density at radius 1 is 1.34 bits per heavy atom. The molecule has 0 radical (unpaired) electrons. The van der Waals surface area contributed by atoms with Gasteiger partial charge < -0.3 is 10.5 Å². The number of carbonyl (C=O) groups is 1. The van der Waals surface area contributed by atoms with Gasteiger partial charge in [-0.25, -0.2) is 19.2 Å². The molecule has 29 heavy (non-hydrogen) atoms. The maximum atomic E-state index is 14.7. The van der Waals surface area contributed by atoms with Crippen LogP contribution in [0.15, 0.2) is 24.4 Å². The monoisotopic (exact) mass is 406 g/mol. The van der Waals surface area contributed by atoms with Gasteiger partial charge in [-0.1, -0.05) is 5.92 Å². The Kier molecular flexibility index (Phi) is 4.33. The lowest BCUT2D eigenvalue weighted by Crippen LogP contribution is -2.49. The number of cyclic esters (lactones) is 1. The maximum Gasteiger partial charge on any atom is 0.445 e. The number of ether oxygens (including phenoxy) is 1. The maximum absolute atomic E-state index is 14.7. The average molecular weight is 406 g/mol. The van der Waals surface area contributed by atoms with Crippen molar-refractivity contribution in [1.29, 1.82) is 0 Å². The summed E-state index contributed by atoms with van der Waals surface area (Å²) in [6, 6.07) is 3.32. The first-order valence-electron chi connectivity index (χ1n) is 8.67. The molecule has 3 N–H and O–H groups in total. The molecule has 1 amide bonds. The Hall–Kier alpha value is -3.35. The van der Waals surface area contributed by atoms with Gasteiger partial charge in [0.1, 0.15) is 5.82 Å². The van der Waals surface area contributed by atoms with E-state index in [0.717, 1.165) is 6.07 Å². The molecule has 0 spiro atoms. The van der Waals surface area contributed by atoms with Gasteiger partial charge in [0.15, 0.2) is 0 Å². The Morgan fingerprint density at radius 2 is 2.10 bits per heavy atom. The SMILES string of the molecule is Nc1nccc(Cc2cc3c(cc2F)[C@@](C#CC2CC2)(C(F)(F)F)OC(=O)N3)n1. The van der Waals surface area contributed by atoms with Crippen LogP contribution in [-0.2, 0) is 16.8 Å². The third-order valence-electron chi connectivity index (χ3n) is 4.58. The molecule has 150 valence electrons. The van der Waals surface area contributed by atoms with Crippen LogP contribution < -0.4 is 11.1 Å². The highest BCUT2D eigenvalue weighted by atomic mass is 19.4. The summed E-state index contributed by atoms with van der Waals surface area (Å²) in [5.41, 5.74) is 1.84. The number of alkyl halides is 3. The number of fused-ring (bicyclic) bond motifs is 1. The average Bonchev–Trinajstić information content (AvgIpc) is 3.44. The number of benzene rings is 1. The Labute approximate surface area is 162 Å². The van der Waals surface area contributed by atoms with E-state index in [1.807, 2.05) is 0 Å². The number of hydrogen-bond acceptors (Lipinski definition) is 5. The first-order valence-corrected chi connectivity index (χ1v) is 8.67. The summed E-state index contributed by atoms with van der Waals surface area (Å²) in [5.74, 6) is 3.44. The molecule has 0 bridgehead atoms. The molecule has 1 aromatic carbocycles. The zero-order valence-corrected chi connectivity index (χ0v) is 14.8. The van der Waals surface area contributed by atoms with Crippen LogP contribution in [0.3, 0.4) is 0 Å². The summed E-state index contributed by atoms with van der Waals surface area (Å²) in [6.07, 6.45) is -3.70. The Balaban J connectivity index is 1.81. The third kappa shape index (κ3) is 3.55. The number of nitrogens with two attached hydrogens (primary N) is 1. The fraction of sp³-hybridized carbons (Fsp3) is 0.316. The minimum atomic E-state index is -5.06.